The molecule has 1 fully saturated rings. The Balaban J connectivity index is 1.35. The maximum absolute atomic E-state index is 12.2. The van der Waals surface area contributed by atoms with E-state index in [0.717, 1.165) is 31.4 Å². The molecule has 0 saturated carbocycles. The lowest BCUT2D eigenvalue weighted by Gasteiger charge is -2.28. The Kier molecular flexibility index (Phi) is 5.89. The van der Waals surface area contributed by atoms with Gasteiger partial charge in [-0.3, -0.25) is 14.9 Å². The summed E-state index contributed by atoms with van der Waals surface area (Å²) in [4.78, 5) is 33.7. The number of guanidine groups is 1. The number of aromatic nitrogens is 2. The second-order valence-corrected chi connectivity index (χ2v) is 7.70. The summed E-state index contributed by atoms with van der Waals surface area (Å²) in [5, 5.41) is 3.18. The third kappa shape index (κ3) is 4.25. The van der Waals surface area contributed by atoms with Gasteiger partial charge in [0.25, 0.3) is 0 Å². The fraction of sp³-hybridized carbons (Fsp3) is 0.400. The van der Waals surface area contributed by atoms with E-state index in [1.54, 1.807) is 17.2 Å². The molecule has 0 spiro atoms. The minimum Gasteiger partial charge on any atom is -0.492 e. The summed E-state index contributed by atoms with van der Waals surface area (Å²) in [7, 11) is 0. The molecule has 1 unspecified atom stereocenters. The van der Waals surface area contributed by atoms with Gasteiger partial charge >= 0.3 is 0 Å². The first-order valence-electron chi connectivity index (χ1n) is 9.87. The van der Waals surface area contributed by atoms with Crippen LogP contribution in [0.4, 0.5) is 5.69 Å². The van der Waals surface area contributed by atoms with Crippen LogP contribution in [0.15, 0.2) is 35.8 Å². The number of nitrogens with zero attached hydrogens (tertiary/aromatic N) is 4. The summed E-state index contributed by atoms with van der Waals surface area (Å²) < 4.78 is 7.94. The van der Waals surface area contributed by atoms with Gasteiger partial charge in [0.15, 0.2) is 0 Å². The van der Waals surface area contributed by atoms with E-state index in [9.17, 15) is 9.59 Å². The molecule has 10 heteroatoms. The van der Waals surface area contributed by atoms with E-state index in [0.29, 0.717) is 35.6 Å². The molecule has 1 aromatic heterocycles. The molecule has 1 aromatic carbocycles. The number of fused-ring (bicyclic) bond motifs is 2. The Morgan fingerprint density at radius 1 is 1.33 bits per heavy atom. The van der Waals surface area contributed by atoms with Crippen molar-refractivity contribution >= 4 is 35.1 Å². The number of unbranched alkanes of at least 4 members (excludes halogenated alkanes) is 2. The highest BCUT2D eigenvalue weighted by Gasteiger charge is 2.40. The third-order valence-electron chi connectivity index (χ3n) is 5.20. The molecule has 0 radical (unpaired) electrons. The van der Waals surface area contributed by atoms with Crippen LogP contribution in [-0.2, 0) is 22.7 Å². The topological polar surface area (TPSA) is 115 Å². The lowest BCUT2D eigenvalue weighted by atomic mass is 10.1. The minimum absolute atomic E-state index is 0.0763. The van der Waals surface area contributed by atoms with Crippen LogP contribution in [0, 0.1) is 0 Å². The number of benzene rings is 1. The molecule has 0 aliphatic carbocycles. The van der Waals surface area contributed by atoms with Crippen LogP contribution in [0.5, 0.6) is 5.75 Å². The van der Waals surface area contributed by atoms with Gasteiger partial charge in [-0.2, -0.15) is 0 Å². The molecule has 2 amide bonds. The van der Waals surface area contributed by atoms with Crippen LogP contribution in [0.1, 0.15) is 31.2 Å². The number of ether oxygens (including phenoxy) is 1. The van der Waals surface area contributed by atoms with Crippen molar-refractivity contribution in [2.45, 2.75) is 44.8 Å². The average molecular weight is 431 g/mol. The van der Waals surface area contributed by atoms with Crippen LogP contribution in [0.2, 0.25) is 5.02 Å². The van der Waals surface area contributed by atoms with Crippen molar-refractivity contribution in [2.75, 3.05) is 6.61 Å². The lowest BCUT2D eigenvalue weighted by molar-refractivity contribution is -0.126. The molecular weight excluding hydrogens is 408 g/mol. The number of amides is 2. The van der Waals surface area contributed by atoms with Crippen LogP contribution in [0.3, 0.4) is 0 Å². The van der Waals surface area contributed by atoms with Crippen LogP contribution in [-0.4, -0.2) is 44.9 Å². The quantitative estimate of drug-likeness (QED) is 0.590. The van der Waals surface area contributed by atoms with Crippen LogP contribution >= 0.6 is 11.6 Å². The zero-order chi connectivity index (χ0) is 21.1. The number of aliphatic imine (C=N–C) groups is 1. The van der Waals surface area contributed by atoms with Crippen molar-refractivity contribution in [1.82, 2.24) is 19.8 Å². The Morgan fingerprint density at radius 3 is 2.97 bits per heavy atom. The highest BCUT2D eigenvalue weighted by Crippen LogP contribution is 2.39. The van der Waals surface area contributed by atoms with E-state index in [4.69, 9.17) is 22.1 Å². The van der Waals surface area contributed by atoms with Gasteiger partial charge in [0.05, 0.1) is 36.6 Å². The fourth-order valence-electron chi connectivity index (χ4n) is 3.64. The molecule has 3 heterocycles. The first-order chi connectivity index (χ1) is 14.5. The number of carbonyl (C=O) groups excluding carboxylic acids is 2. The standard InChI is InChI=1S/C20H23ClN6O3/c21-18-13-11-27-15(10-17(22)28)19(29)25-20(27)24-14(13)4-5-16(18)30-9-3-1-2-7-26-8-6-23-12-26/h4-6,8,12,15H,1-3,7,9-11H2,(H2,22,28)(H,24,25,29). The molecule has 2 aromatic rings. The summed E-state index contributed by atoms with van der Waals surface area (Å²) in [6.45, 7) is 1.85. The van der Waals surface area contributed by atoms with Gasteiger partial charge in [-0.05, 0) is 31.4 Å². The first-order valence-corrected chi connectivity index (χ1v) is 10.2. The third-order valence-corrected chi connectivity index (χ3v) is 5.61. The van der Waals surface area contributed by atoms with E-state index >= 15 is 0 Å². The molecule has 2 aliphatic heterocycles. The number of hydrogen-bond donors (Lipinski definition) is 2. The van der Waals surface area contributed by atoms with Crippen molar-refractivity contribution in [3.05, 3.63) is 41.4 Å². The zero-order valence-electron chi connectivity index (χ0n) is 16.4. The zero-order valence-corrected chi connectivity index (χ0v) is 17.1. The van der Waals surface area contributed by atoms with E-state index in [1.807, 2.05) is 18.6 Å². The maximum atomic E-state index is 12.2. The molecule has 30 heavy (non-hydrogen) atoms. The van der Waals surface area contributed by atoms with Crippen molar-refractivity contribution in [1.29, 1.82) is 0 Å². The Labute approximate surface area is 178 Å². The van der Waals surface area contributed by atoms with Gasteiger partial charge in [0.1, 0.15) is 11.8 Å². The van der Waals surface area contributed by atoms with E-state index in [-0.39, 0.29) is 12.3 Å². The average Bonchev–Trinajstić information content (AvgIpc) is 3.33. The number of primary amides is 1. The normalized spacial score (nSPS) is 17.2. The number of rotatable bonds is 9. The fourth-order valence-corrected chi connectivity index (χ4v) is 3.91. The molecule has 158 valence electrons. The molecule has 1 atom stereocenters. The SMILES string of the molecule is NC(=O)CC1C(=O)NC2=Nc3ccc(OCCCCCn4ccnc4)c(Cl)c3CN21. The number of carbonyl (C=O) groups is 2. The molecule has 4 rings (SSSR count). The number of nitrogens with two attached hydrogens (primary N) is 1. The van der Waals surface area contributed by atoms with Gasteiger partial charge < -0.3 is 19.9 Å². The number of imidazole rings is 1. The van der Waals surface area contributed by atoms with Gasteiger partial charge in [-0.15, -0.1) is 0 Å². The molecular formula is C20H23ClN6O3. The number of halogens is 1. The van der Waals surface area contributed by atoms with E-state index < -0.39 is 11.9 Å². The Hall–Kier alpha value is -3.07. The Morgan fingerprint density at radius 2 is 2.20 bits per heavy atom. The summed E-state index contributed by atoms with van der Waals surface area (Å²) >= 11 is 6.59. The monoisotopic (exact) mass is 430 g/mol. The Bertz CT molecular complexity index is 975. The first kappa shape index (κ1) is 20.2. The smallest absolute Gasteiger partial charge is 0.250 e. The van der Waals surface area contributed by atoms with E-state index in [1.165, 1.54) is 0 Å². The highest BCUT2D eigenvalue weighted by molar-refractivity contribution is 6.33. The molecule has 2 aliphatic rings. The van der Waals surface area contributed by atoms with Crippen molar-refractivity contribution in [3.63, 3.8) is 0 Å². The maximum Gasteiger partial charge on any atom is 0.250 e. The molecule has 1 saturated heterocycles. The lowest BCUT2D eigenvalue weighted by Crippen LogP contribution is -2.39. The largest absolute Gasteiger partial charge is 0.492 e. The van der Waals surface area contributed by atoms with Gasteiger partial charge in [-0.1, -0.05) is 11.6 Å². The number of nitrogens with one attached hydrogen (secondary N) is 1. The van der Waals surface area contributed by atoms with Crippen molar-refractivity contribution in [3.8, 4) is 5.75 Å². The van der Waals surface area contributed by atoms with Crippen LogP contribution in [0.25, 0.3) is 0 Å². The minimum atomic E-state index is -0.675. The summed E-state index contributed by atoms with van der Waals surface area (Å²) in [6, 6.07) is 2.95. The van der Waals surface area contributed by atoms with Crippen molar-refractivity contribution in [2.24, 2.45) is 10.7 Å². The summed E-state index contributed by atoms with van der Waals surface area (Å²) in [5.74, 6) is 0.178. The van der Waals surface area contributed by atoms with Crippen molar-refractivity contribution < 1.29 is 14.3 Å². The predicted octanol–water partition coefficient (Wildman–Crippen LogP) is 1.96. The highest BCUT2D eigenvalue weighted by atomic mass is 35.5. The predicted molar refractivity (Wildman–Crippen MR) is 111 cm³/mol. The van der Waals surface area contributed by atoms with Crippen LogP contribution < -0.4 is 15.8 Å². The summed E-state index contributed by atoms with van der Waals surface area (Å²) in [6.07, 6.45) is 8.46. The number of aryl methyl sites for hydroxylation is 1. The molecule has 9 nitrogen and oxygen atoms in total. The molecule has 0 bridgehead atoms. The van der Waals surface area contributed by atoms with Gasteiger partial charge in [-0.25, -0.2) is 9.98 Å². The number of hydrogen-bond acceptors (Lipinski definition) is 6. The van der Waals surface area contributed by atoms with Gasteiger partial charge in [0.2, 0.25) is 17.8 Å². The van der Waals surface area contributed by atoms with Gasteiger partial charge in [0, 0.05) is 24.5 Å². The second-order valence-electron chi connectivity index (χ2n) is 7.32. The second kappa shape index (κ2) is 8.74. The molecule has 3 N–H and O–H groups in total. The van der Waals surface area contributed by atoms with E-state index in [2.05, 4.69) is 19.9 Å². The summed E-state index contributed by atoms with van der Waals surface area (Å²) in [5.41, 5.74) is 6.73.